The first-order valence-corrected chi connectivity index (χ1v) is 7.88. The third-order valence-electron chi connectivity index (χ3n) is 3.56. The van der Waals surface area contributed by atoms with Crippen LogP contribution in [0.4, 0.5) is 4.39 Å². The molecule has 1 aromatic heterocycles. The molecule has 0 aliphatic carbocycles. The molecular formula is C19H17FN2O3. The van der Waals surface area contributed by atoms with Crippen LogP contribution in [0.2, 0.25) is 0 Å². The molecule has 0 saturated carbocycles. The average Bonchev–Trinajstić information content (AvgIpc) is 3.10. The van der Waals surface area contributed by atoms with Gasteiger partial charge in [0.2, 0.25) is 5.89 Å². The molecule has 0 saturated heterocycles. The molecule has 3 rings (SSSR count). The topological polar surface area (TPSA) is 65.2 Å². The normalized spacial score (nSPS) is 10.9. The Balaban J connectivity index is 1.63. The zero-order chi connectivity index (χ0) is 17.8. The number of rotatable bonds is 6. The lowest BCUT2D eigenvalue weighted by molar-refractivity contribution is 0.103. The molecule has 0 aliphatic heterocycles. The van der Waals surface area contributed by atoms with Gasteiger partial charge in [0.15, 0.2) is 12.4 Å². The summed E-state index contributed by atoms with van der Waals surface area (Å²) >= 11 is 0. The van der Waals surface area contributed by atoms with Crippen LogP contribution in [-0.2, 0) is 6.61 Å². The fraction of sp³-hybridized carbons (Fsp3) is 0.211. The van der Waals surface area contributed by atoms with E-state index in [0.717, 1.165) is 0 Å². The van der Waals surface area contributed by atoms with Crippen molar-refractivity contribution in [1.82, 2.24) is 10.2 Å². The molecule has 0 fully saturated rings. The molecule has 0 unspecified atom stereocenters. The number of hydrogen-bond acceptors (Lipinski definition) is 5. The predicted molar refractivity (Wildman–Crippen MR) is 89.0 cm³/mol. The SMILES string of the molecule is CC(C)c1nnc(COc2ccc(C(=O)c3ccc(F)cc3)cc2)o1. The van der Waals surface area contributed by atoms with Crippen LogP contribution in [0.25, 0.3) is 0 Å². The summed E-state index contributed by atoms with van der Waals surface area (Å²) in [6, 6.07) is 12.2. The Morgan fingerprint density at radius 3 is 2.20 bits per heavy atom. The maximum atomic E-state index is 12.9. The third-order valence-corrected chi connectivity index (χ3v) is 3.56. The summed E-state index contributed by atoms with van der Waals surface area (Å²) in [5.41, 5.74) is 0.931. The summed E-state index contributed by atoms with van der Waals surface area (Å²) in [5.74, 6) is 1.17. The van der Waals surface area contributed by atoms with Crippen molar-refractivity contribution in [3.05, 3.63) is 77.3 Å². The molecule has 0 radical (unpaired) electrons. The highest BCUT2D eigenvalue weighted by molar-refractivity contribution is 6.08. The van der Waals surface area contributed by atoms with Crippen molar-refractivity contribution in [3.8, 4) is 5.75 Å². The zero-order valence-corrected chi connectivity index (χ0v) is 13.9. The number of carbonyl (C=O) groups excluding carboxylic acids is 1. The summed E-state index contributed by atoms with van der Waals surface area (Å²) in [5, 5.41) is 7.86. The lowest BCUT2D eigenvalue weighted by Crippen LogP contribution is -2.01. The molecule has 0 N–H and O–H groups in total. The fourth-order valence-electron chi connectivity index (χ4n) is 2.17. The Bertz CT molecular complexity index is 855. The van der Waals surface area contributed by atoms with Gasteiger partial charge in [0.05, 0.1) is 0 Å². The summed E-state index contributed by atoms with van der Waals surface area (Å²) in [6.45, 7) is 4.09. The lowest BCUT2D eigenvalue weighted by Gasteiger charge is -2.05. The second kappa shape index (κ2) is 7.25. The van der Waals surface area contributed by atoms with E-state index in [1.807, 2.05) is 13.8 Å². The van der Waals surface area contributed by atoms with Crippen molar-refractivity contribution < 1.29 is 18.3 Å². The number of benzene rings is 2. The zero-order valence-electron chi connectivity index (χ0n) is 13.9. The van der Waals surface area contributed by atoms with E-state index in [2.05, 4.69) is 10.2 Å². The molecule has 2 aromatic carbocycles. The second-order valence-corrected chi connectivity index (χ2v) is 5.84. The van der Waals surface area contributed by atoms with Crippen LogP contribution in [0.15, 0.2) is 52.9 Å². The van der Waals surface area contributed by atoms with Gasteiger partial charge < -0.3 is 9.15 Å². The summed E-state index contributed by atoms with van der Waals surface area (Å²) < 4.78 is 24.0. The summed E-state index contributed by atoms with van der Waals surface area (Å²) in [4.78, 5) is 12.3. The van der Waals surface area contributed by atoms with Gasteiger partial charge in [-0.25, -0.2) is 4.39 Å². The van der Waals surface area contributed by atoms with Crippen LogP contribution in [0.3, 0.4) is 0 Å². The third kappa shape index (κ3) is 4.09. The monoisotopic (exact) mass is 340 g/mol. The minimum Gasteiger partial charge on any atom is -0.484 e. The van der Waals surface area contributed by atoms with Gasteiger partial charge in [-0.1, -0.05) is 13.8 Å². The van der Waals surface area contributed by atoms with Crippen LogP contribution in [0.1, 0.15) is 47.5 Å². The molecule has 1 heterocycles. The number of hydrogen-bond donors (Lipinski definition) is 0. The molecule has 6 heteroatoms. The van der Waals surface area contributed by atoms with E-state index in [9.17, 15) is 9.18 Å². The maximum Gasteiger partial charge on any atom is 0.253 e. The molecule has 3 aromatic rings. The van der Waals surface area contributed by atoms with Crippen molar-refractivity contribution in [2.45, 2.75) is 26.4 Å². The standard InChI is InChI=1S/C19H17FN2O3/c1-12(2)19-22-21-17(25-19)11-24-16-9-5-14(6-10-16)18(23)13-3-7-15(20)8-4-13/h3-10,12H,11H2,1-2H3. The van der Waals surface area contributed by atoms with Gasteiger partial charge in [0.25, 0.3) is 5.89 Å². The summed E-state index contributed by atoms with van der Waals surface area (Å²) in [7, 11) is 0. The van der Waals surface area contributed by atoms with Gasteiger partial charge in [-0.05, 0) is 48.5 Å². The summed E-state index contributed by atoms with van der Waals surface area (Å²) in [6.07, 6.45) is 0. The van der Waals surface area contributed by atoms with E-state index in [1.165, 1.54) is 24.3 Å². The number of halogens is 1. The van der Waals surface area contributed by atoms with Crippen molar-refractivity contribution in [2.75, 3.05) is 0 Å². The minimum atomic E-state index is -0.373. The first kappa shape index (κ1) is 16.8. The van der Waals surface area contributed by atoms with Crippen LogP contribution < -0.4 is 4.74 Å². The fourth-order valence-corrected chi connectivity index (χ4v) is 2.17. The molecular weight excluding hydrogens is 323 g/mol. The van der Waals surface area contributed by atoms with E-state index in [-0.39, 0.29) is 24.1 Å². The van der Waals surface area contributed by atoms with Crippen molar-refractivity contribution >= 4 is 5.78 Å². The van der Waals surface area contributed by atoms with E-state index in [1.54, 1.807) is 24.3 Å². The second-order valence-electron chi connectivity index (χ2n) is 5.84. The first-order chi connectivity index (χ1) is 12.0. The molecule has 0 spiro atoms. The van der Waals surface area contributed by atoms with E-state index in [0.29, 0.717) is 28.7 Å². The van der Waals surface area contributed by atoms with Gasteiger partial charge in [0, 0.05) is 17.0 Å². The predicted octanol–water partition coefficient (Wildman–Crippen LogP) is 4.14. The highest BCUT2D eigenvalue weighted by Gasteiger charge is 2.11. The number of nitrogens with zero attached hydrogens (tertiary/aromatic N) is 2. The Morgan fingerprint density at radius 1 is 1.04 bits per heavy atom. The van der Waals surface area contributed by atoms with Crippen molar-refractivity contribution in [2.24, 2.45) is 0 Å². The molecule has 25 heavy (non-hydrogen) atoms. The van der Waals surface area contributed by atoms with Crippen LogP contribution in [0, 0.1) is 5.82 Å². The Hall–Kier alpha value is -3.02. The number of ether oxygens (including phenoxy) is 1. The molecule has 0 bridgehead atoms. The number of carbonyl (C=O) groups is 1. The Kier molecular flexibility index (Phi) is 4.88. The highest BCUT2D eigenvalue weighted by atomic mass is 19.1. The maximum absolute atomic E-state index is 12.9. The molecule has 0 amide bonds. The lowest BCUT2D eigenvalue weighted by atomic mass is 10.0. The molecule has 0 atom stereocenters. The largest absolute Gasteiger partial charge is 0.484 e. The van der Waals surface area contributed by atoms with Gasteiger partial charge in [-0.2, -0.15) is 0 Å². The van der Waals surface area contributed by atoms with E-state index < -0.39 is 0 Å². The molecule has 128 valence electrons. The number of ketones is 1. The molecule has 5 nitrogen and oxygen atoms in total. The smallest absolute Gasteiger partial charge is 0.253 e. The van der Waals surface area contributed by atoms with Crippen LogP contribution >= 0.6 is 0 Å². The molecule has 0 aliphatic rings. The van der Waals surface area contributed by atoms with Crippen molar-refractivity contribution in [3.63, 3.8) is 0 Å². The van der Waals surface area contributed by atoms with Crippen LogP contribution in [0.5, 0.6) is 5.75 Å². The van der Waals surface area contributed by atoms with E-state index >= 15 is 0 Å². The van der Waals surface area contributed by atoms with Gasteiger partial charge in [0.1, 0.15) is 11.6 Å². The Morgan fingerprint density at radius 2 is 1.64 bits per heavy atom. The quantitative estimate of drug-likeness (QED) is 0.631. The Labute approximate surface area is 144 Å². The minimum absolute atomic E-state index is 0.158. The number of aromatic nitrogens is 2. The van der Waals surface area contributed by atoms with E-state index in [4.69, 9.17) is 9.15 Å². The highest BCUT2D eigenvalue weighted by Crippen LogP contribution is 2.18. The van der Waals surface area contributed by atoms with Crippen LogP contribution in [-0.4, -0.2) is 16.0 Å². The van der Waals surface area contributed by atoms with Gasteiger partial charge >= 0.3 is 0 Å². The van der Waals surface area contributed by atoms with Crippen molar-refractivity contribution in [1.29, 1.82) is 0 Å². The average molecular weight is 340 g/mol. The van der Waals surface area contributed by atoms with Gasteiger partial charge in [-0.15, -0.1) is 10.2 Å². The first-order valence-electron chi connectivity index (χ1n) is 7.88. The van der Waals surface area contributed by atoms with Gasteiger partial charge in [-0.3, -0.25) is 4.79 Å².